The van der Waals surface area contributed by atoms with Gasteiger partial charge in [-0.3, -0.25) is 0 Å². The van der Waals surface area contributed by atoms with Crippen LogP contribution < -0.4 is 5.73 Å². The first-order valence-electron chi connectivity index (χ1n) is 4.96. The highest BCUT2D eigenvalue weighted by molar-refractivity contribution is 14.1. The molecule has 0 fully saturated rings. The molecule has 0 unspecified atom stereocenters. The Bertz CT molecular complexity index is 357. The van der Waals surface area contributed by atoms with Crippen LogP contribution in [0.25, 0.3) is 0 Å². The number of nitrogens with two attached hydrogens (primary N) is 1. The Morgan fingerprint density at radius 1 is 1.50 bits per heavy atom. The van der Waals surface area contributed by atoms with Crippen LogP contribution in [0.5, 0.6) is 0 Å². The Morgan fingerprint density at radius 2 is 2.19 bits per heavy atom. The number of rotatable bonds is 5. The molecule has 4 nitrogen and oxygen atoms in total. The number of carbonyl (C=O) groups excluding carboxylic acids is 1. The third-order valence-corrected chi connectivity index (χ3v) is 3.12. The van der Waals surface area contributed by atoms with Crippen LogP contribution in [0, 0.1) is 3.57 Å². The van der Waals surface area contributed by atoms with Crippen LogP contribution in [0.4, 0.5) is 4.79 Å². The number of primary amides is 1. The van der Waals surface area contributed by atoms with E-state index in [0.717, 1.165) is 9.13 Å². The fourth-order valence-corrected chi connectivity index (χ4v) is 2.17. The van der Waals surface area contributed by atoms with Gasteiger partial charge in [-0.1, -0.05) is 18.2 Å². The molecule has 5 heteroatoms. The van der Waals surface area contributed by atoms with Gasteiger partial charge in [0.25, 0.3) is 0 Å². The molecule has 0 saturated heterocycles. The zero-order valence-electron chi connectivity index (χ0n) is 8.73. The molecule has 0 spiro atoms. The highest BCUT2D eigenvalue weighted by Crippen LogP contribution is 2.26. The monoisotopic (exact) mass is 335 g/mol. The number of halogens is 1. The number of hydrogen-bond donors (Lipinski definition) is 2. The molecule has 16 heavy (non-hydrogen) atoms. The Morgan fingerprint density at radius 3 is 2.75 bits per heavy atom. The van der Waals surface area contributed by atoms with E-state index in [9.17, 15) is 4.79 Å². The van der Waals surface area contributed by atoms with E-state index in [-0.39, 0.29) is 12.7 Å². The van der Waals surface area contributed by atoms with Crippen LogP contribution in [0.15, 0.2) is 24.3 Å². The van der Waals surface area contributed by atoms with Gasteiger partial charge in [-0.05, 0) is 41.5 Å². The van der Waals surface area contributed by atoms with Crippen molar-refractivity contribution < 1.29 is 14.6 Å². The number of aliphatic hydroxyl groups is 1. The molecule has 1 aromatic carbocycles. The molecule has 1 amide bonds. The quantitative estimate of drug-likeness (QED) is 0.811. The number of amides is 1. The minimum Gasteiger partial charge on any atom is -0.441 e. The van der Waals surface area contributed by atoms with Gasteiger partial charge in [-0.25, -0.2) is 4.79 Å². The van der Waals surface area contributed by atoms with Crippen molar-refractivity contribution in [2.24, 2.45) is 5.73 Å². The first-order chi connectivity index (χ1) is 7.65. The van der Waals surface area contributed by atoms with Crippen LogP contribution >= 0.6 is 22.6 Å². The molecule has 0 aliphatic heterocycles. The first kappa shape index (κ1) is 13.2. The van der Waals surface area contributed by atoms with Gasteiger partial charge in [0.15, 0.2) is 0 Å². The Kier molecular flexibility index (Phi) is 5.54. The molecule has 0 bridgehead atoms. The maximum Gasteiger partial charge on any atom is 0.405 e. The maximum absolute atomic E-state index is 10.8. The van der Waals surface area contributed by atoms with Gasteiger partial charge in [0.05, 0.1) is 0 Å². The zero-order valence-corrected chi connectivity index (χ0v) is 10.9. The molecule has 0 aliphatic carbocycles. The first-order valence-corrected chi connectivity index (χ1v) is 6.04. The lowest BCUT2D eigenvalue weighted by Crippen LogP contribution is -2.18. The van der Waals surface area contributed by atoms with Crippen LogP contribution in [0.3, 0.4) is 0 Å². The standard InChI is InChI=1S/C11H14INO3/c12-9-5-2-1-4-8(9)10(6-3-7-14)16-11(13)15/h1-2,4-5,10,14H,3,6-7H2,(H2,13,15)/t10-/m1/s1. The minimum absolute atomic E-state index is 0.0715. The van der Waals surface area contributed by atoms with E-state index in [1.54, 1.807) is 0 Å². The van der Waals surface area contributed by atoms with E-state index < -0.39 is 6.09 Å². The number of benzene rings is 1. The lowest BCUT2D eigenvalue weighted by molar-refractivity contribution is 0.0951. The molecule has 0 saturated carbocycles. The fraction of sp³-hybridized carbons (Fsp3) is 0.364. The Labute approximate surface area is 108 Å². The third-order valence-electron chi connectivity index (χ3n) is 2.13. The van der Waals surface area contributed by atoms with Gasteiger partial charge < -0.3 is 15.6 Å². The molecular weight excluding hydrogens is 321 g/mol. The van der Waals surface area contributed by atoms with Gasteiger partial charge >= 0.3 is 6.09 Å². The van der Waals surface area contributed by atoms with Crippen LogP contribution in [0.2, 0.25) is 0 Å². The number of aliphatic hydroxyl groups excluding tert-OH is 1. The highest BCUT2D eigenvalue weighted by Gasteiger charge is 2.16. The van der Waals surface area contributed by atoms with E-state index in [1.807, 2.05) is 24.3 Å². The molecule has 88 valence electrons. The van der Waals surface area contributed by atoms with Crippen molar-refractivity contribution >= 4 is 28.7 Å². The molecular formula is C11H14INO3. The summed E-state index contributed by atoms with van der Waals surface area (Å²) in [6.45, 7) is 0.0715. The molecule has 1 rings (SSSR count). The predicted octanol–water partition coefficient (Wildman–Crippen LogP) is 2.20. The van der Waals surface area contributed by atoms with Gasteiger partial charge in [0.2, 0.25) is 0 Å². The molecule has 3 N–H and O–H groups in total. The van der Waals surface area contributed by atoms with E-state index in [0.29, 0.717) is 12.8 Å². The molecule has 0 aliphatic rings. The summed E-state index contributed by atoms with van der Waals surface area (Å²) >= 11 is 2.18. The largest absolute Gasteiger partial charge is 0.441 e. The summed E-state index contributed by atoms with van der Waals surface area (Å²) in [6.07, 6.45) is -0.0251. The highest BCUT2D eigenvalue weighted by atomic mass is 127. The number of hydrogen-bond acceptors (Lipinski definition) is 3. The van der Waals surface area contributed by atoms with Crippen molar-refractivity contribution in [1.29, 1.82) is 0 Å². The third kappa shape index (κ3) is 3.97. The van der Waals surface area contributed by atoms with Crippen molar-refractivity contribution in [2.75, 3.05) is 6.61 Å². The molecule has 0 heterocycles. The average Bonchev–Trinajstić information content (AvgIpc) is 2.24. The van der Waals surface area contributed by atoms with Crippen LogP contribution in [0.1, 0.15) is 24.5 Å². The molecule has 1 aromatic rings. The molecule has 1 atom stereocenters. The molecule has 0 aromatic heterocycles. The van der Waals surface area contributed by atoms with E-state index in [4.69, 9.17) is 15.6 Å². The summed E-state index contributed by atoms with van der Waals surface area (Å²) in [4.78, 5) is 10.8. The SMILES string of the molecule is NC(=O)O[C@H](CCCO)c1ccccc1I. The summed E-state index contributed by atoms with van der Waals surface area (Å²) in [5, 5.41) is 8.79. The van der Waals surface area contributed by atoms with E-state index in [1.165, 1.54) is 0 Å². The maximum atomic E-state index is 10.8. The zero-order chi connectivity index (χ0) is 12.0. The van der Waals surface area contributed by atoms with Crippen LogP contribution in [-0.2, 0) is 4.74 Å². The van der Waals surface area contributed by atoms with E-state index >= 15 is 0 Å². The summed E-state index contributed by atoms with van der Waals surface area (Å²) in [5.41, 5.74) is 5.95. The topological polar surface area (TPSA) is 72.6 Å². The lowest BCUT2D eigenvalue weighted by atomic mass is 10.1. The van der Waals surface area contributed by atoms with Gasteiger partial charge in [-0.15, -0.1) is 0 Å². The summed E-state index contributed by atoms with van der Waals surface area (Å²) in [7, 11) is 0. The van der Waals surface area contributed by atoms with Gasteiger partial charge in [0.1, 0.15) is 6.10 Å². The van der Waals surface area contributed by atoms with Gasteiger partial charge in [0, 0.05) is 15.7 Å². The van der Waals surface area contributed by atoms with Crippen LogP contribution in [-0.4, -0.2) is 17.8 Å². The van der Waals surface area contributed by atoms with Crippen molar-refractivity contribution in [2.45, 2.75) is 18.9 Å². The lowest BCUT2D eigenvalue weighted by Gasteiger charge is -2.17. The average molecular weight is 335 g/mol. The van der Waals surface area contributed by atoms with E-state index in [2.05, 4.69) is 22.6 Å². The Hall–Kier alpha value is -0.820. The Balaban J connectivity index is 2.82. The fourth-order valence-electron chi connectivity index (χ4n) is 1.43. The summed E-state index contributed by atoms with van der Waals surface area (Å²) in [5.74, 6) is 0. The minimum atomic E-state index is -0.789. The number of carbonyl (C=O) groups is 1. The smallest absolute Gasteiger partial charge is 0.405 e. The van der Waals surface area contributed by atoms with Gasteiger partial charge in [-0.2, -0.15) is 0 Å². The van der Waals surface area contributed by atoms with Crippen molar-refractivity contribution in [1.82, 2.24) is 0 Å². The van der Waals surface area contributed by atoms with Crippen molar-refractivity contribution in [3.63, 3.8) is 0 Å². The predicted molar refractivity (Wildman–Crippen MR) is 68.9 cm³/mol. The summed E-state index contributed by atoms with van der Waals surface area (Å²) < 4.78 is 6.06. The second-order valence-electron chi connectivity index (χ2n) is 3.31. The second-order valence-corrected chi connectivity index (χ2v) is 4.48. The number of ether oxygens (including phenoxy) is 1. The molecule has 0 radical (unpaired) electrons. The van der Waals surface area contributed by atoms with Crippen molar-refractivity contribution in [3.8, 4) is 0 Å². The normalized spacial score (nSPS) is 12.1. The summed E-state index contributed by atoms with van der Waals surface area (Å²) in [6, 6.07) is 7.63. The van der Waals surface area contributed by atoms with Crippen molar-refractivity contribution in [3.05, 3.63) is 33.4 Å². The second kappa shape index (κ2) is 6.70.